The van der Waals surface area contributed by atoms with Crippen LogP contribution in [0.15, 0.2) is 0 Å². The van der Waals surface area contributed by atoms with E-state index in [0.29, 0.717) is 25.7 Å². The van der Waals surface area contributed by atoms with Gasteiger partial charge in [0, 0.05) is 26.2 Å². The van der Waals surface area contributed by atoms with E-state index >= 15 is 0 Å². The van der Waals surface area contributed by atoms with Crippen LogP contribution in [0.25, 0.3) is 0 Å². The predicted molar refractivity (Wildman–Crippen MR) is 65.6 cm³/mol. The Morgan fingerprint density at radius 3 is 2.94 bits per heavy atom. The fourth-order valence-corrected chi connectivity index (χ4v) is 2.72. The Morgan fingerprint density at radius 1 is 1.59 bits per heavy atom. The first-order valence-corrected chi connectivity index (χ1v) is 6.35. The van der Waals surface area contributed by atoms with Gasteiger partial charge >= 0.3 is 0 Å². The summed E-state index contributed by atoms with van der Waals surface area (Å²) in [7, 11) is 3.97. The maximum absolute atomic E-state index is 12.4. The fourth-order valence-electron chi connectivity index (χ4n) is 2.72. The summed E-state index contributed by atoms with van der Waals surface area (Å²) in [6.07, 6.45) is 2.86. The van der Waals surface area contributed by atoms with Crippen LogP contribution in [-0.4, -0.2) is 67.7 Å². The summed E-state index contributed by atoms with van der Waals surface area (Å²) in [4.78, 5) is 16.5. The van der Waals surface area contributed by atoms with E-state index in [1.54, 1.807) is 0 Å². The molecule has 2 heterocycles. The molecule has 2 saturated heterocycles. The van der Waals surface area contributed by atoms with E-state index in [0.717, 1.165) is 25.9 Å². The van der Waals surface area contributed by atoms with Gasteiger partial charge in [0.2, 0.25) is 5.91 Å². The van der Waals surface area contributed by atoms with Crippen molar-refractivity contribution >= 4 is 5.91 Å². The number of piperidine rings is 1. The SMILES string of the molecule is CN1CCCC(N(C)C(=O)C2(N)CCOC2)C1. The molecule has 5 heteroatoms. The van der Waals surface area contributed by atoms with Gasteiger partial charge in [-0.05, 0) is 32.9 Å². The summed E-state index contributed by atoms with van der Waals surface area (Å²) < 4.78 is 5.26. The van der Waals surface area contributed by atoms with Gasteiger partial charge in [0.15, 0.2) is 0 Å². The smallest absolute Gasteiger partial charge is 0.245 e. The molecule has 5 nitrogen and oxygen atoms in total. The minimum atomic E-state index is -0.787. The topological polar surface area (TPSA) is 58.8 Å². The molecule has 2 unspecified atom stereocenters. The van der Waals surface area contributed by atoms with Gasteiger partial charge in [0.05, 0.1) is 6.61 Å². The lowest BCUT2D eigenvalue weighted by molar-refractivity contribution is -0.138. The molecule has 2 aliphatic heterocycles. The van der Waals surface area contributed by atoms with Crippen molar-refractivity contribution in [3.8, 4) is 0 Å². The molecule has 0 aliphatic carbocycles. The molecule has 2 N–H and O–H groups in total. The molecule has 0 aromatic rings. The van der Waals surface area contributed by atoms with Gasteiger partial charge in [-0.1, -0.05) is 0 Å². The highest BCUT2D eigenvalue weighted by Gasteiger charge is 2.42. The average Bonchev–Trinajstić information content (AvgIpc) is 2.75. The molecule has 2 aliphatic rings. The third-order valence-corrected chi connectivity index (χ3v) is 3.95. The molecule has 1 amide bonds. The van der Waals surface area contributed by atoms with Crippen molar-refractivity contribution in [3.63, 3.8) is 0 Å². The van der Waals surface area contributed by atoms with Crippen LogP contribution in [0.2, 0.25) is 0 Å². The van der Waals surface area contributed by atoms with E-state index in [9.17, 15) is 4.79 Å². The van der Waals surface area contributed by atoms with Crippen LogP contribution in [0.5, 0.6) is 0 Å². The van der Waals surface area contributed by atoms with E-state index in [-0.39, 0.29) is 5.91 Å². The number of likely N-dealkylation sites (tertiary alicyclic amines) is 1. The number of ether oxygens (including phenoxy) is 1. The van der Waals surface area contributed by atoms with Crippen LogP contribution in [0, 0.1) is 0 Å². The zero-order valence-electron chi connectivity index (χ0n) is 10.8. The van der Waals surface area contributed by atoms with E-state index in [1.165, 1.54) is 0 Å². The third-order valence-electron chi connectivity index (χ3n) is 3.95. The molecule has 2 atom stereocenters. The molecule has 2 fully saturated rings. The van der Waals surface area contributed by atoms with Crippen LogP contribution < -0.4 is 5.73 Å². The molecule has 98 valence electrons. The van der Waals surface area contributed by atoms with Gasteiger partial charge < -0.3 is 20.3 Å². The number of nitrogens with zero attached hydrogens (tertiary/aromatic N) is 2. The first-order valence-electron chi connectivity index (χ1n) is 6.35. The molecule has 17 heavy (non-hydrogen) atoms. The van der Waals surface area contributed by atoms with E-state index < -0.39 is 5.54 Å². The Bertz CT molecular complexity index is 289. The Balaban J connectivity index is 1.98. The normalized spacial score (nSPS) is 34.9. The molecular weight excluding hydrogens is 218 g/mol. The van der Waals surface area contributed by atoms with Crippen molar-refractivity contribution in [3.05, 3.63) is 0 Å². The predicted octanol–water partition coefficient (Wildman–Crippen LogP) is -0.343. The van der Waals surface area contributed by atoms with Gasteiger partial charge in [-0.25, -0.2) is 0 Å². The van der Waals surface area contributed by atoms with E-state index in [1.807, 2.05) is 11.9 Å². The van der Waals surface area contributed by atoms with Crippen molar-refractivity contribution in [2.75, 3.05) is 40.4 Å². The quantitative estimate of drug-likeness (QED) is 0.718. The highest BCUT2D eigenvalue weighted by molar-refractivity contribution is 5.86. The minimum absolute atomic E-state index is 0.0373. The molecule has 0 aromatic carbocycles. The zero-order chi connectivity index (χ0) is 12.5. The largest absolute Gasteiger partial charge is 0.379 e. The molecule has 0 radical (unpaired) electrons. The average molecular weight is 241 g/mol. The number of nitrogens with two attached hydrogens (primary N) is 1. The fraction of sp³-hybridized carbons (Fsp3) is 0.917. The Hall–Kier alpha value is -0.650. The summed E-state index contributed by atoms with van der Waals surface area (Å²) in [5.41, 5.74) is 5.33. The van der Waals surface area contributed by atoms with Crippen LogP contribution in [-0.2, 0) is 9.53 Å². The number of likely N-dealkylation sites (N-methyl/N-ethyl adjacent to an activating group) is 2. The lowest BCUT2D eigenvalue weighted by Crippen LogP contribution is -2.59. The van der Waals surface area contributed by atoms with Gasteiger partial charge in [-0.3, -0.25) is 4.79 Å². The van der Waals surface area contributed by atoms with Crippen molar-refractivity contribution in [2.45, 2.75) is 30.8 Å². The molecular formula is C12H23N3O2. The second-order valence-electron chi connectivity index (χ2n) is 5.43. The van der Waals surface area contributed by atoms with Crippen LogP contribution in [0.3, 0.4) is 0 Å². The molecule has 0 aromatic heterocycles. The molecule has 0 bridgehead atoms. The molecule has 0 saturated carbocycles. The monoisotopic (exact) mass is 241 g/mol. The van der Waals surface area contributed by atoms with Crippen LogP contribution in [0.4, 0.5) is 0 Å². The number of amides is 1. The molecule has 0 spiro atoms. The van der Waals surface area contributed by atoms with Gasteiger partial charge in [0.1, 0.15) is 5.54 Å². The van der Waals surface area contributed by atoms with Crippen molar-refractivity contribution in [2.24, 2.45) is 5.73 Å². The van der Waals surface area contributed by atoms with Crippen molar-refractivity contribution in [1.82, 2.24) is 9.80 Å². The first kappa shape index (κ1) is 12.8. The maximum Gasteiger partial charge on any atom is 0.245 e. The zero-order valence-corrected chi connectivity index (χ0v) is 10.8. The van der Waals surface area contributed by atoms with Gasteiger partial charge in [-0.15, -0.1) is 0 Å². The van der Waals surface area contributed by atoms with Crippen LogP contribution >= 0.6 is 0 Å². The summed E-state index contributed by atoms with van der Waals surface area (Å²) >= 11 is 0. The summed E-state index contributed by atoms with van der Waals surface area (Å²) in [5, 5.41) is 0. The van der Waals surface area contributed by atoms with Crippen molar-refractivity contribution in [1.29, 1.82) is 0 Å². The van der Waals surface area contributed by atoms with Crippen molar-refractivity contribution < 1.29 is 9.53 Å². The highest BCUT2D eigenvalue weighted by atomic mass is 16.5. The lowest BCUT2D eigenvalue weighted by atomic mass is 9.96. The third kappa shape index (κ3) is 2.61. The number of rotatable bonds is 2. The van der Waals surface area contributed by atoms with Gasteiger partial charge in [0.25, 0.3) is 0 Å². The summed E-state index contributed by atoms with van der Waals surface area (Å²) in [6, 6.07) is 0.294. The highest BCUT2D eigenvalue weighted by Crippen LogP contribution is 2.21. The van der Waals surface area contributed by atoms with E-state index in [2.05, 4.69) is 11.9 Å². The lowest BCUT2D eigenvalue weighted by Gasteiger charge is -2.38. The van der Waals surface area contributed by atoms with Gasteiger partial charge in [-0.2, -0.15) is 0 Å². The second-order valence-corrected chi connectivity index (χ2v) is 5.43. The number of carbonyl (C=O) groups excluding carboxylic acids is 1. The number of carbonyl (C=O) groups is 1. The number of hydrogen-bond donors (Lipinski definition) is 1. The molecule has 2 rings (SSSR count). The second kappa shape index (κ2) is 4.92. The standard InChI is InChI=1S/C12H23N3O2/c1-14-6-3-4-10(8-14)15(2)11(16)12(13)5-7-17-9-12/h10H,3-9,13H2,1-2H3. The number of hydrogen-bond acceptors (Lipinski definition) is 4. The Labute approximate surface area is 103 Å². The van der Waals surface area contributed by atoms with Crippen LogP contribution in [0.1, 0.15) is 19.3 Å². The minimum Gasteiger partial charge on any atom is -0.379 e. The summed E-state index contributed by atoms with van der Waals surface area (Å²) in [6.45, 7) is 3.02. The summed E-state index contributed by atoms with van der Waals surface area (Å²) in [5.74, 6) is 0.0373. The Morgan fingerprint density at radius 2 is 2.35 bits per heavy atom. The first-order chi connectivity index (χ1) is 8.03. The maximum atomic E-state index is 12.4. The Kier molecular flexibility index (Phi) is 3.70. The van der Waals surface area contributed by atoms with E-state index in [4.69, 9.17) is 10.5 Å².